The molecule has 4 aromatic rings. The van der Waals surface area contributed by atoms with Crippen LogP contribution in [-0.4, -0.2) is 32.2 Å². The number of hydrogen-bond acceptors (Lipinski definition) is 6. The van der Waals surface area contributed by atoms with Crippen LogP contribution in [0.5, 0.6) is 0 Å². The number of hydrogen-bond donors (Lipinski definition) is 1. The Balaban J connectivity index is 1.59. The van der Waals surface area contributed by atoms with Gasteiger partial charge in [0, 0.05) is 13.1 Å². The highest BCUT2D eigenvalue weighted by Gasteiger charge is 2.29. The number of aromatic amines is 1. The molecule has 2 aromatic heterocycles. The summed E-state index contributed by atoms with van der Waals surface area (Å²) in [5.41, 5.74) is 6.06. The molecule has 130 valence electrons. The lowest BCUT2D eigenvalue weighted by atomic mass is 10.1. The summed E-state index contributed by atoms with van der Waals surface area (Å²) < 4.78 is 16.0. The van der Waals surface area contributed by atoms with Crippen LogP contribution in [0.25, 0.3) is 21.6 Å². The van der Waals surface area contributed by atoms with Gasteiger partial charge in [-0.2, -0.15) is 5.21 Å². The van der Waals surface area contributed by atoms with Gasteiger partial charge in [0.25, 0.3) is 0 Å². The summed E-state index contributed by atoms with van der Waals surface area (Å²) >= 11 is 7.70. The minimum absolute atomic E-state index is 0.0801. The molecule has 6 nitrogen and oxygen atoms in total. The zero-order valence-corrected chi connectivity index (χ0v) is 15.0. The largest absolute Gasteiger partial charge is 0.366 e. The van der Waals surface area contributed by atoms with Crippen molar-refractivity contribution < 1.29 is 4.39 Å². The average Bonchev–Trinajstić information content (AvgIpc) is 3.37. The Hall–Kier alpha value is -2.58. The molecule has 1 N–H and O–H groups in total. The maximum absolute atomic E-state index is 14.8. The number of thiazole rings is 1. The van der Waals surface area contributed by atoms with E-state index in [-0.39, 0.29) is 10.8 Å². The van der Waals surface area contributed by atoms with Crippen LogP contribution in [0.4, 0.5) is 10.1 Å². The molecule has 5 rings (SSSR count). The molecule has 0 unspecified atom stereocenters. The van der Waals surface area contributed by atoms with Gasteiger partial charge in [0.1, 0.15) is 0 Å². The number of fused-ring (bicyclic) bond motifs is 2. The molecule has 0 amide bonds. The zero-order chi connectivity index (χ0) is 17.7. The SMILES string of the molecule is Fc1c(Cl)cc2c(c1-c1nn[nH]n1)N(Cc1ccc3ncsc3c1)CC2. The smallest absolute Gasteiger partial charge is 0.209 e. The summed E-state index contributed by atoms with van der Waals surface area (Å²) in [4.78, 5) is 6.45. The Morgan fingerprint density at radius 1 is 1.31 bits per heavy atom. The van der Waals surface area contributed by atoms with Crippen LogP contribution in [0.15, 0.2) is 29.8 Å². The fraction of sp³-hybridized carbons (Fsp3) is 0.176. The Labute approximate surface area is 156 Å². The topological polar surface area (TPSA) is 70.6 Å². The highest BCUT2D eigenvalue weighted by molar-refractivity contribution is 7.16. The van der Waals surface area contributed by atoms with E-state index in [1.807, 2.05) is 11.6 Å². The molecule has 3 heterocycles. The van der Waals surface area contributed by atoms with Crippen LogP contribution >= 0.6 is 22.9 Å². The fourth-order valence-corrected chi connectivity index (χ4v) is 4.40. The van der Waals surface area contributed by atoms with E-state index in [0.717, 1.165) is 40.0 Å². The van der Waals surface area contributed by atoms with E-state index in [0.29, 0.717) is 12.1 Å². The Kier molecular flexibility index (Phi) is 3.61. The average molecular weight is 387 g/mol. The lowest BCUT2D eigenvalue weighted by Gasteiger charge is -2.22. The second-order valence-electron chi connectivity index (χ2n) is 6.12. The van der Waals surface area contributed by atoms with Crippen molar-refractivity contribution in [2.45, 2.75) is 13.0 Å². The molecule has 1 aliphatic heterocycles. The first-order valence-corrected chi connectivity index (χ1v) is 9.28. The zero-order valence-electron chi connectivity index (χ0n) is 13.4. The van der Waals surface area contributed by atoms with Crippen molar-refractivity contribution in [3.05, 3.63) is 51.7 Å². The highest BCUT2D eigenvalue weighted by Crippen LogP contribution is 2.42. The summed E-state index contributed by atoms with van der Waals surface area (Å²) in [6, 6.07) is 7.90. The van der Waals surface area contributed by atoms with Crippen molar-refractivity contribution in [1.82, 2.24) is 25.6 Å². The maximum Gasteiger partial charge on any atom is 0.209 e. The van der Waals surface area contributed by atoms with Gasteiger partial charge in [-0.05, 0) is 41.0 Å². The summed E-state index contributed by atoms with van der Waals surface area (Å²) in [7, 11) is 0. The van der Waals surface area contributed by atoms with E-state index in [1.54, 1.807) is 17.4 Å². The predicted octanol–water partition coefficient (Wildman–Crippen LogP) is 3.83. The summed E-state index contributed by atoms with van der Waals surface area (Å²) in [5.74, 6) is -0.303. The third-order valence-corrected chi connectivity index (χ3v) is 5.64. The molecule has 9 heteroatoms. The first-order valence-electron chi connectivity index (χ1n) is 8.02. The second kappa shape index (κ2) is 6.00. The first-order chi connectivity index (χ1) is 12.7. The molecule has 26 heavy (non-hydrogen) atoms. The van der Waals surface area contributed by atoms with E-state index in [4.69, 9.17) is 11.6 Å². The van der Waals surface area contributed by atoms with Gasteiger partial charge in [-0.3, -0.25) is 0 Å². The Morgan fingerprint density at radius 3 is 3.08 bits per heavy atom. The molecule has 0 aliphatic carbocycles. The van der Waals surface area contributed by atoms with Crippen molar-refractivity contribution >= 4 is 38.8 Å². The third kappa shape index (κ3) is 2.45. The van der Waals surface area contributed by atoms with Crippen molar-refractivity contribution in [2.75, 3.05) is 11.4 Å². The van der Waals surface area contributed by atoms with Gasteiger partial charge in [0.15, 0.2) is 5.82 Å². The lowest BCUT2D eigenvalue weighted by Crippen LogP contribution is -2.20. The number of tetrazole rings is 1. The number of anilines is 1. The normalized spacial score (nSPS) is 13.5. The van der Waals surface area contributed by atoms with Crippen LogP contribution in [-0.2, 0) is 13.0 Å². The van der Waals surface area contributed by atoms with Crippen LogP contribution in [0.1, 0.15) is 11.1 Å². The number of aromatic nitrogens is 5. The van der Waals surface area contributed by atoms with Crippen LogP contribution in [0.3, 0.4) is 0 Å². The minimum Gasteiger partial charge on any atom is -0.366 e. The fourth-order valence-electron chi connectivity index (χ4n) is 3.44. The Morgan fingerprint density at radius 2 is 2.23 bits per heavy atom. The maximum atomic E-state index is 14.8. The van der Waals surface area contributed by atoms with Crippen molar-refractivity contribution in [2.24, 2.45) is 0 Å². The molecule has 0 radical (unpaired) electrons. The molecule has 0 fully saturated rings. The van der Waals surface area contributed by atoms with E-state index in [2.05, 4.69) is 42.6 Å². The second-order valence-corrected chi connectivity index (χ2v) is 7.41. The van der Waals surface area contributed by atoms with Gasteiger partial charge >= 0.3 is 0 Å². The van der Waals surface area contributed by atoms with E-state index < -0.39 is 5.82 Å². The molecule has 0 bridgehead atoms. The van der Waals surface area contributed by atoms with Gasteiger partial charge in [-0.25, -0.2) is 9.37 Å². The van der Waals surface area contributed by atoms with E-state index >= 15 is 0 Å². The standard InChI is InChI=1S/C17H12ClFN6S/c18-11-6-10-3-4-25(7-9-1-2-12-13(5-9)26-8-20-12)16(10)14(15(11)19)17-21-23-24-22-17/h1-2,5-6,8H,3-4,7H2,(H,21,22,23,24). The number of halogens is 2. The van der Waals surface area contributed by atoms with Crippen LogP contribution < -0.4 is 4.90 Å². The van der Waals surface area contributed by atoms with Gasteiger partial charge in [-0.15, -0.1) is 21.5 Å². The van der Waals surface area contributed by atoms with Gasteiger partial charge < -0.3 is 4.90 Å². The number of nitrogens with zero attached hydrogens (tertiary/aromatic N) is 5. The van der Waals surface area contributed by atoms with Crippen molar-refractivity contribution in [3.8, 4) is 11.4 Å². The van der Waals surface area contributed by atoms with Crippen molar-refractivity contribution in [1.29, 1.82) is 0 Å². The molecule has 1 aliphatic rings. The number of H-pyrrole nitrogens is 1. The quantitative estimate of drug-likeness (QED) is 0.579. The molecule has 0 saturated carbocycles. The molecular formula is C17H12ClFN6S. The number of benzene rings is 2. The van der Waals surface area contributed by atoms with Gasteiger partial charge in [-0.1, -0.05) is 17.7 Å². The van der Waals surface area contributed by atoms with Crippen molar-refractivity contribution in [3.63, 3.8) is 0 Å². The van der Waals surface area contributed by atoms with Gasteiger partial charge in [0.2, 0.25) is 5.82 Å². The lowest BCUT2D eigenvalue weighted by molar-refractivity contribution is 0.630. The highest BCUT2D eigenvalue weighted by atomic mass is 35.5. The number of rotatable bonds is 3. The molecule has 2 aromatic carbocycles. The van der Waals surface area contributed by atoms with Crippen LogP contribution in [0.2, 0.25) is 5.02 Å². The summed E-state index contributed by atoms with van der Waals surface area (Å²) in [5, 5.41) is 14.0. The summed E-state index contributed by atoms with van der Waals surface area (Å²) in [6.45, 7) is 1.44. The molecule has 0 saturated heterocycles. The number of nitrogens with one attached hydrogen (secondary N) is 1. The van der Waals surface area contributed by atoms with Gasteiger partial charge in [0.05, 0.1) is 32.0 Å². The predicted molar refractivity (Wildman–Crippen MR) is 99.0 cm³/mol. The molecule has 0 spiro atoms. The summed E-state index contributed by atoms with van der Waals surface area (Å²) in [6.07, 6.45) is 0.795. The van der Waals surface area contributed by atoms with E-state index in [9.17, 15) is 4.39 Å². The minimum atomic E-state index is -0.517. The first kappa shape index (κ1) is 15.7. The van der Waals surface area contributed by atoms with E-state index in [1.165, 1.54) is 0 Å². The molecular weight excluding hydrogens is 375 g/mol. The Bertz CT molecular complexity index is 1110. The molecule has 0 atom stereocenters. The van der Waals surface area contributed by atoms with Crippen LogP contribution in [0, 0.1) is 5.82 Å². The monoisotopic (exact) mass is 386 g/mol. The third-order valence-electron chi connectivity index (χ3n) is 4.58.